The molecule has 2 aliphatic carbocycles. The Morgan fingerprint density at radius 3 is 2.63 bits per heavy atom. The van der Waals surface area contributed by atoms with Gasteiger partial charge >= 0.3 is 0 Å². The third-order valence-electron chi connectivity index (χ3n) is 4.79. The van der Waals surface area contributed by atoms with Crippen LogP contribution in [0.4, 0.5) is 0 Å². The number of aliphatic hydroxyl groups is 1. The summed E-state index contributed by atoms with van der Waals surface area (Å²) in [4.78, 5) is 0. The lowest BCUT2D eigenvalue weighted by Gasteiger charge is -2.35. The van der Waals surface area contributed by atoms with Gasteiger partial charge in [0.25, 0.3) is 0 Å². The third-order valence-corrected chi connectivity index (χ3v) is 4.79. The van der Waals surface area contributed by atoms with Crippen LogP contribution < -0.4 is 0 Å². The van der Waals surface area contributed by atoms with Gasteiger partial charge in [-0.2, -0.15) is 0 Å². The molecule has 0 aromatic rings. The van der Waals surface area contributed by atoms with Crippen molar-refractivity contribution in [2.45, 2.75) is 65.7 Å². The summed E-state index contributed by atoms with van der Waals surface area (Å²) in [5, 5.41) is 9.11. The molecule has 1 nitrogen and oxygen atoms in total. The van der Waals surface area contributed by atoms with Crippen molar-refractivity contribution in [1.82, 2.24) is 0 Å². The van der Waals surface area contributed by atoms with Gasteiger partial charge in [0.2, 0.25) is 0 Å². The van der Waals surface area contributed by atoms with E-state index in [0.717, 1.165) is 6.42 Å². The monoisotopic (exact) mass is 260 g/mol. The highest BCUT2D eigenvalue weighted by atomic mass is 16.2. The van der Waals surface area contributed by atoms with Crippen molar-refractivity contribution in [3.8, 4) is 0 Å². The summed E-state index contributed by atoms with van der Waals surface area (Å²) in [5.41, 5.74) is 6.33. The Morgan fingerprint density at radius 1 is 1.21 bits per heavy atom. The molecule has 19 heavy (non-hydrogen) atoms. The van der Waals surface area contributed by atoms with E-state index in [-0.39, 0.29) is 6.61 Å². The molecule has 1 heteroatoms. The van der Waals surface area contributed by atoms with Crippen LogP contribution in [0.3, 0.4) is 0 Å². The smallest absolute Gasteiger partial charge is 0.0618 e. The van der Waals surface area contributed by atoms with Crippen molar-refractivity contribution in [2.24, 2.45) is 5.41 Å². The molecule has 0 amide bonds. The molecule has 2 rings (SSSR count). The van der Waals surface area contributed by atoms with Crippen molar-refractivity contribution >= 4 is 0 Å². The molecule has 0 bridgehead atoms. The number of hydrogen-bond donors (Lipinski definition) is 1. The minimum atomic E-state index is 0.151. The van der Waals surface area contributed by atoms with Gasteiger partial charge in [-0.1, -0.05) is 31.6 Å². The van der Waals surface area contributed by atoms with E-state index in [1.54, 1.807) is 11.1 Å². The molecular formula is C18H28O. The van der Waals surface area contributed by atoms with Crippen molar-refractivity contribution in [3.63, 3.8) is 0 Å². The highest BCUT2D eigenvalue weighted by molar-refractivity contribution is 5.42. The second-order valence-corrected chi connectivity index (χ2v) is 6.70. The number of aliphatic hydroxyl groups excluding tert-OH is 1. The average molecular weight is 260 g/mol. The quantitative estimate of drug-likeness (QED) is 0.746. The summed E-state index contributed by atoms with van der Waals surface area (Å²) in [6, 6.07) is 0. The summed E-state index contributed by atoms with van der Waals surface area (Å²) in [6.45, 7) is 7.07. The normalized spacial score (nSPS) is 27.2. The van der Waals surface area contributed by atoms with E-state index >= 15 is 0 Å². The standard InChI is InChI=1S/C18H28O/c1-14(10-12-19)16-8-5-4-7-15-9-6-11-18(2,3)17(15)13-16/h10,13,19H,4-9,11-12H2,1-3H3/b14-10+,16-13+. The minimum Gasteiger partial charge on any atom is -0.392 e. The predicted octanol–water partition coefficient (Wildman–Crippen LogP) is 4.93. The Kier molecular flexibility index (Phi) is 4.67. The Labute approximate surface area is 118 Å². The summed E-state index contributed by atoms with van der Waals surface area (Å²) in [5.74, 6) is 0. The molecule has 0 atom stereocenters. The van der Waals surface area contributed by atoms with E-state index in [9.17, 15) is 0 Å². The molecule has 1 N–H and O–H groups in total. The lowest BCUT2D eigenvalue weighted by Crippen LogP contribution is -2.21. The van der Waals surface area contributed by atoms with E-state index in [0.29, 0.717) is 5.41 Å². The zero-order valence-corrected chi connectivity index (χ0v) is 12.8. The third kappa shape index (κ3) is 3.39. The molecule has 0 radical (unpaired) electrons. The summed E-state index contributed by atoms with van der Waals surface area (Å²) in [7, 11) is 0. The van der Waals surface area contributed by atoms with Crippen LogP contribution in [0.1, 0.15) is 65.7 Å². The van der Waals surface area contributed by atoms with Gasteiger partial charge in [0.15, 0.2) is 0 Å². The summed E-state index contributed by atoms with van der Waals surface area (Å²) >= 11 is 0. The molecule has 0 fully saturated rings. The second-order valence-electron chi connectivity index (χ2n) is 6.70. The van der Waals surface area contributed by atoms with Gasteiger partial charge in [-0.25, -0.2) is 0 Å². The first-order valence-corrected chi connectivity index (χ1v) is 7.75. The number of allylic oxidation sites excluding steroid dienone is 5. The van der Waals surface area contributed by atoms with Crippen LogP contribution in [0.25, 0.3) is 0 Å². The molecular weight excluding hydrogens is 232 g/mol. The summed E-state index contributed by atoms with van der Waals surface area (Å²) < 4.78 is 0. The Morgan fingerprint density at radius 2 is 1.89 bits per heavy atom. The van der Waals surface area contributed by atoms with Crippen LogP contribution in [-0.2, 0) is 0 Å². The topological polar surface area (TPSA) is 20.2 Å². The van der Waals surface area contributed by atoms with E-state index in [4.69, 9.17) is 5.11 Å². The van der Waals surface area contributed by atoms with Crippen molar-refractivity contribution in [1.29, 1.82) is 0 Å². The van der Waals surface area contributed by atoms with Crippen LogP contribution in [0, 0.1) is 5.41 Å². The minimum absolute atomic E-state index is 0.151. The average Bonchev–Trinajstić information content (AvgIpc) is 2.30. The molecule has 0 aromatic heterocycles. The molecule has 0 spiro atoms. The number of hydrogen-bond acceptors (Lipinski definition) is 1. The van der Waals surface area contributed by atoms with Gasteiger partial charge in [0, 0.05) is 0 Å². The molecule has 0 heterocycles. The van der Waals surface area contributed by atoms with Crippen molar-refractivity contribution in [3.05, 3.63) is 34.4 Å². The molecule has 0 saturated carbocycles. The van der Waals surface area contributed by atoms with E-state index in [2.05, 4.69) is 26.8 Å². The van der Waals surface area contributed by atoms with Gasteiger partial charge in [-0.15, -0.1) is 0 Å². The molecule has 0 aliphatic heterocycles. The van der Waals surface area contributed by atoms with Crippen LogP contribution in [0.2, 0.25) is 0 Å². The Balaban J connectivity index is 2.42. The van der Waals surface area contributed by atoms with Crippen molar-refractivity contribution < 1.29 is 5.11 Å². The maximum Gasteiger partial charge on any atom is 0.0618 e. The van der Waals surface area contributed by atoms with Gasteiger partial charge in [0.1, 0.15) is 0 Å². The lowest BCUT2D eigenvalue weighted by molar-refractivity contribution is 0.342. The fourth-order valence-electron chi connectivity index (χ4n) is 3.53. The van der Waals surface area contributed by atoms with Gasteiger partial charge < -0.3 is 5.11 Å². The predicted molar refractivity (Wildman–Crippen MR) is 82.1 cm³/mol. The zero-order chi connectivity index (χ0) is 13.9. The molecule has 0 unspecified atom stereocenters. The van der Waals surface area contributed by atoms with Crippen LogP contribution in [0.5, 0.6) is 0 Å². The molecule has 0 saturated heterocycles. The first-order chi connectivity index (χ1) is 9.04. The molecule has 0 aromatic carbocycles. The SMILES string of the molecule is CC(=C\CO)/C1=C/C2=C(CCCC1)CCCC2(C)C. The maximum atomic E-state index is 9.11. The highest BCUT2D eigenvalue weighted by Gasteiger charge is 2.29. The van der Waals surface area contributed by atoms with Crippen LogP contribution in [0.15, 0.2) is 34.4 Å². The van der Waals surface area contributed by atoms with Crippen LogP contribution >= 0.6 is 0 Å². The first-order valence-electron chi connectivity index (χ1n) is 7.75. The Bertz CT molecular complexity index is 421. The van der Waals surface area contributed by atoms with Gasteiger partial charge in [0.05, 0.1) is 6.61 Å². The van der Waals surface area contributed by atoms with E-state index in [1.165, 1.54) is 49.7 Å². The Hall–Kier alpha value is -0.820. The fraction of sp³-hybridized carbons (Fsp3) is 0.667. The zero-order valence-electron chi connectivity index (χ0n) is 12.8. The largest absolute Gasteiger partial charge is 0.392 e. The van der Waals surface area contributed by atoms with Crippen molar-refractivity contribution in [2.75, 3.05) is 6.61 Å². The van der Waals surface area contributed by atoms with Gasteiger partial charge in [-0.05, 0) is 74.0 Å². The maximum absolute atomic E-state index is 9.11. The fourth-order valence-corrected chi connectivity index (χ4v) is 3.53. The van der Waals surface area contributed by atoms with Crippen LogP contribution in [-0.4, -0.2) is 11.7 Å². The summed E-state index contributed by atoms with van der Waals surface area (Å²) in [6.07, 6.45) is 13.4. The lowest BCUT2D eigenvalue weighted by atomic mass is 9.70. The van der Waals surface area contributed by atoms with Gasteiger partial charge in [-0.3, -0.25) is 0 Å². The first kappa shape index (κ1) is 14.6. The molecule has 2 aliphatic rings. The number of rotatable bonds is 2. The molecule has 106 valence electrons. The second kappa shape index (κ2) is 6.09. The van der Waals surface area contributed by atoms with E-state index in [1.807, 2.05) is 6.08 Å². The van der Waals surface area contributed by atoms with E-state index < -0.39 is 0 Å². The highest BCUT2D eigenvalue weighted by Crippen LogP contribution is 2.44.